The molecule has 0 rings (SSSR count). The second kappa shape index (κ2) is 5.83. The molecule has 0 aromatic carbocycles. The summed E-state index contributed by atoms with van der Waals surface area (Å²) in [7, 11) is 2.70. The molecular weight excluding hydrogens is 198 g/mol. The number of ether oxygens (including phenoxy) is 1. The van der Waals surface area contributed by atoms with Crippen molar-refractivity contribution in [2.45, 2.75) is 33.8 Å². The summed E-state index contributed by atoms with van der Waals surface area (Å²) in [5.74, 6) is 0.664. The highest BCUT2D eigenvalue weighted by atomic mass is 32.2. The van der Waals surface area contributed by atoms with Crippen molar-refractivity contribution in [1.29, 1.82) is 0 Å². The summed E-state index contributed by atoms with van der Waals surface area (Å²) in [6.07, 6.45) is 0.114. The summed E-state index contributed by atoms with van der Waals surface area (Å²) >= 11 is 0. The van der Waals surface area contributed by atoms with Crippen LogP contribution >= 0.6 is 0 Å². The summed E-state index contributed by atoms with van der Waals surface area (Å²) in [6, 6.07) is 0. The minimum atomic E-state index is -0.875. The average Bonchev–Trinajstić information content (AvgIpc) is 2.10. The highest BCUT2D eigenvalue weighted by Gasteiger charge is 2.26. The zero-order chi connectivity index (χ0) is 11.4. The minimum Gasteiger partial charge on any atom is -0.380 e. The number of hydrogen-bond acceptors (Lipinski definition) is 2. The van der Waals surface area contributed by atoms with Crippen molar-refractivity contribution in [3.8, 4) is 0 Å². The first kappa shape index (κ1) is 14.1. The summed E-state index contributed by atoms with van der Waals surface area (Å²) < 4.78 is 18.7. The number of rotatable bonds is 5. The summed E-state index contributed by atoms with van der Waals surface area (Å²) in [5.41, 5.74) is 0.0843. The van der Waals surface area contributed by atoms with Gasteiger partial charge in [0.2, 0.25) is 0 Å². The van der Waals surface area contributed by atoms with Gasteiger partial charge in [-0.05, 0) is 12.5 Å². The molecule has 0 saturated carbocycles. The lowest BCUT2D eigenvalue weighted by Gasteiger charge is -2.32. The van der Waals surface area contributed by atoms with Crippen molar-refractivity contribution in [1.82, 2.24) is 4.31 Å². The zero-order valence-electron chi connectivity index (χ0n) is 10.2. The zero-order valence-corrected chi connectivity index (χ0v) is 11.0. The van der Waals surface area contributed by atoms with Crippen molar-refractivity contribution >= 4 is 11.0 Å². The van der Waals surface area contributed by atoms with Crippen LogP contribution in [-0.2, 0) is 15.7 Å². The molecule has 14 heavy (non-hydrogen) atoms. The first-order valence-corrected chi connectivity index (χ1v) is 6.23. The molecule has 0 radical (unpaired) electrons. The third-order valence-electron chi connectivity index (χ3n) is 2.27. The first-order chi connectivity index (χ1) is 6.32. The fraction of sp³-hybridized carbons (Fsp3) is 1.00. The van der Waals surface area contributed by atoms with Crippen LogP contribution in [0.5, 0.6) is 0 Å². The van der Waals surface area contributed by atoms with Crippen LogP contribution in [0.2, 0.25) is 0 Å². The predicted octanol–water partition coefficient (Wildman–Crippen LogP) is 1.66. The Morgan fingerprint density at radius 2 is 1.93 bits per heavy atom. The SMILES string of the molecule is CCS(=O)N(C)C[C@@H](OC)C(C)(C)C. The van der Waals surface area contributed by atoms with E-state index < -0.39 is 11.0 Å². The Kier molecular flexibility index (Phi) is 5.86. The van der Waals surface area contributed by atoms with Crippen LogP contribution in [0, 0.1) is 5.41 Å². The molecule has 4 heteroatoms. The Bertz CT molecular complexity index is 189. The van der Waals surface area contributed by atoms with Gasteiger partial charge in [-0.15, -0.1) is 0 Å². The van der Waals surface area contributed by atoms with Gasteiger partial charge in [0, 0.05) is 19.4 Å². The molecule has 0 saturated heterocycles. The van der Waals surface area contributed by atoms with Crippen LogP contribution in [0.1, 0.15) is 27.7 Å². The lowest BCUT2D eigenvalue weighted by molar-refractivity contribution is 0.00829. The Balaban J connectivity index is 4.26. The molecule has 0 spiro atoms. The van der Waals surface area contributed by atoms with Gasteiger partial charge in [-0.2, -0.15) is 0 Å². The van der Waals surface area contributed by atoms with E-state index in [1.54, 1.807) is 7.11 Å². The third kappa shape index (κ3) is 4.53. The van der Waals surface area contributed by atoms with E-state index in [0.717, 1.165) is 0 Å². The van der Waals surface area contributed by atoms with Gasteiger partial charge in [0.05, 0.1) is 17.1 Å². The van der Waals surface area contributed by atoms with Gasteiger partial charge in [-0.1, -0.05) is 27.7 Å². The molecule has 86 valence electrons. The van der Waals surface area contributed by atoms with Crippen molar-refractivity contribution in [3.63, 3.8) is 0 Å². The van der Waals surface area contributed by atoms with E-state index in [9.17, 15) is 4.21 Å². The van der Waals surface area contributed by atoms with Gasteiger partial charge in [0.25, 0.3) is 0 Å². The van der Waals surface area contributed by atoms with Crippen LogP contribution in [0.3, 0.4) is 0 Å². The Morgan fingerprint density at radius 1 is 1.43 bits per heavy atom. The molecule has 0 aliphatic rings. The predicted molar refractivity (Wildman–Crippen MR) is 61.6 cm³/mol. The quantitative estimate of drug-likeness (QED) is 0.706. The molecular formula is C10H23NO2S. The number of hydrogen-bond donors (Lipinski definition) is 0. The number of likely N-dealkylation sites (N-methyl/N-ethyl adjacent to an activating group) is 1. The molecule has 3 nitrogen and oxygen atoms in total. The van der Waals surface area contributed by atoms with Crippen molar-refractivity contribution in [2.75, 3.05) is 26.5 Å². The smallest absolute Gasteiger partial charge is 0.0937 e. The fourth-order valence-corrected chi connectivity index (χ4v) is 1.98. The maximum Gasteiger partial charge on any atom is 0.0937 e. The molecule has 0 aromatic rings. The van der Waals surface area contributed by atoms with E-state index in [1.165, 1.54) is 0 Å². The van der Waals surface area contributed by atoms with Crippen molar-refractivity contribution < 1.29 is 8.95 Å². The Labute approximate surface area is 90.4 Å². The highest BCUT2D eigenvalue weighted by molar-refractivity contribution is 7.82. The van der Waals surface area contributed by atoms with Gasteiger partial charge >= 0.3 is 0 Å². The van der Waals surface area contributed by atoms with E-state index >= 15 is 0 Å². The summed E-state index contributed by atoms with van der Waals surface area (Å²) in [6.45, 7) is 9.02. The van der Waals surface area contributed by atoms with Crippen molar-refractivity contribution in [3.05, 3.63) is 0 Å². The molecule has 1 unspecified atom stereocenters. The van der Waals surface area contributed by atoms with Gasteiger partial charge in [0.1, 0.15) is 0 Å². The molecule has 0 amide bonds. The van der Waals surface area contributed by atoms with Crippen LogP contribution in [0.25, 0.3) is 0 Å². The second-order valence-electron chi connectivity index (χ2n) is 4.51. The Morgan fingerprint density at radius 3 is 2.21 bits per heavy atom. The van der Waals surface area contributed by atoms with Crippen LogP contribution < -0.4 is 0 Å². The van der Waals surface area contributed by atoms with Crippen LogP contribution in [0.15, 0.2) is 0 Å². The average molecular weight is 221 g/mol. The van der Waals surface area contributed by atoms with Gasteiger partial charge < -0.3 is 4.74 Å². The van der Waals surface area contributed by atoms with Crippen molar-refractivity contribution in [2.24, 2.45) is 5.41 Å². The maximum absolute atomic E-state index is 11.5. The molecule has 0 aliphatic carbocycles. The molecule has 0 aliphatic heterocycles. The number of nitrogens with zero attached hydrogens (tertiary/aromatic N) is 1. The van der Waals surface area contributed by atoms with Gasteiger partial charge in [0.15, 0.2) is 0 Å². The summed E-state index contributed by atoms with van der Waals surface area (Å²) in [5, 5.41) is 0. The standard InChI is InChI=1S/C10H23NO2S/c1-7-14(12)11(5)8-9(13-6)10(2,3)4/h9H,7-8H2,1-6H3/t9-,14?/m1/s1. The van der Waals surface area contributed by atoms with E-state index in [1.807, 2.05) is 18.3 Å². The lowest BCUT2D eigenvalue weighted by atomic mass is 9.89. The Hall–Kier alpha value is 0.0700. The maximum atomic E-state index is 11.5. The van der Waals surface area contributed by atoms with Crippen LogP contribution in [0.4, 0.5) is 0 Å². The number of methoxy groups -OCH3 is 1. The molecule has 0 aromatic heterocycles. The van der Waals surface area contributed by atoms with E-state index in [2.05, 4.69) is 20.8 Å². The van der Waals surface area contributed by atoms with Gasteiger partial charge in [-0.3, -0.25) is 0 Å². The first-order valence-electron chi connectivity index (χ1n) is 4.95. The molecule has 2 atom stereocenters. The highest BCUT2D eigenvalue weighted by Crippen LogP contribution is 2.22. The molecule has 0 N–H and O–H groups in total. The second-order valence-corrected chi connectivity index (χ2v) is 6.35. The minimum absolute atomic E-state index is 0.0843. The van der Waals surface area contributed by atoms with E-state index in [0.29, 0.717) is 12.3 Å². The summed E-state index contributed by atoms with van der Waals surface area (Å²) in [4.78, 5) is 0. The monoisotopic (exact) mass is 221 g/mol. The third-order valence-corrected chi connectivity index (χ3v) is 3.61. The molecule has 0 fully saturated rings. The largest absolute Gasteiger partial charge is 0.380 e. The lowest BCUT2D eigenvalue weighted by Crippen LogP contribution is -2.40. The van der Waals surface area contributed by atoms with E-state index in [4.69, 9.17) is 4.74 Å². The molecule has 0 heterocycles. The topological polar surface area (TPSA) is 29.5 Å². The normalized spacial score (nSPS) is 17.1. The van der Waals surface area contributed by atoms with Gasteiger partial charge in [-0.25, -0.2) is 8.51 Å². The fourth-order valence-electron chi connectivity index (χ4n) is 1.24. The van der Waals surface area contributed by atoms with Crippen LogP contribution in [-0.4, -0.2) is 41.1 Å². The van der Waals surface area contributed by atoms with E-state index in [-0.39, 0.29) is 11.5 Å². The molecule has 0 bridgehead atoms.